The van der Waals surface area contributed by atoms with Gasteiger partial charge in [0.2, 0.25) is 0 Å². The van der Waals surface area contributed by atoms with Crippen LogP contribution in [0.2, 0.25) is 0 Å². The number of methoxy groups -OCH3 is 1. The van der Waals surface area contributed by atoms with E-state index in [1.165, 1.54) is 52.7 Å². The Bertz CT molecular complexity index is 946. The van der Waals surface area contributed by atoms with Crippen molar-refractivity contribution in [1.29, 1.82) is 0 Å². The Morgan fingerprint density at radius 2 is 1.53 bits per heavy atom. The average molecular weight is 417 g/mol. The Kier molecular flexibility index (Phi) is 8.72. The summed E-state index contributed by atoms with van der Waals surface area (Å²) in [4.78, 5) is 0. The van der Waals surface area contributed by atoms with Gasteiger partial charge in [0.1, 0.15) is 5.75 Å². The van der Waals surface area contributed by atoms with Gasteiger partial charge in [0.15, 0.2) is 0 Å². The zero-order chi connectivity index (χ0) is 21.2. The highest BCUT2D eigenvalue weighted by Gasteiger charge is 2.21. The van der Waals surface area contributed by atoms with Crippen LogP contribution in [0.3, 0.4) is 0 Å². The molecule has 0 spiro atoms. The topological polar surface area (TPSA) is 9.23 Å². The van der Waals surface area contributed by atoms with E-state index < -0.39 is 7.92 Å². The summed E-state index contributed by atoms with van der Waals surface area (Å²) in [5.41, 5.74) is 2.55. The van der Waals surface area contributed by atoms with Crippen molar-refractivity contribution in [2.24, 2.45) is 0 Å². The molecule has 30 heavy (non-hydrogen) atoms. The number of unbranched alkanes of at least 4 members (excludes halogenated alkanes) is 4. The summed E-state index contributed by atoms with van der Waals surface area (Å²) in [6, 6.07) is 26.2. The Labute approximate surface area is 183 Å². The van der Waals surface area contributed by atoms with Gasteiger partial charge in [-0.25, -0.2) is 0 Å². The van der Waals surface area contributed by atoms with E-state index in [4.69, 9.17) is 4.74 Å². The molecule has 1 unspecified atom stereocenters. The van der Waals surface area contributed by atoms with Crippen molar-refractivity contribution in [1.82, 2.24) is 0 Å². The molecule has 3 aromatic rings. The van der Waals surface area contributed by atoms with E-state index in [0.29, 0.717) is 0 Å². The minimum atomic E-state index is -0.671. The summed E-state index contributed by atoms with van der Waals surface area (Å²) in [7, 11) is 1.09. The predicted molar refractivity (Wildman–Crippen MR) is 134 cm³/mol. The van der Waals surface area contributed by atoms with Crippen LogP contribution in [0.1, 0.15) is 50.2 Å². The Hall–Kier alpha value is -2.37. The third kappa shape index (κ3) is 5.61. The molecule has 0 aliphatic carbocycles. The predicted octanol–water partition coefficient (Wildman–Crippen LogP) is 6.75. The summed E-state index contributed by atoms with van der Waals surface area (Å²) in [6.45, 7) is 4.44. The lowest BCUT2D eigenvalue weighted by Crippen LogP contribution is -2.24. The normalized spacial score (nSPS) is 12.2. The van der Waals surface area contributed by atoms with Crippen LogP contribution in [0.15, 0.2) is 78.9 Å². The van der Waals surface area contributed by atoms with E-state index in [0.717, 1.165) is 12.2 Å². The number of allylic oxidation sites excluding steroid dienone is 1. The van der Waals surface area contributed by atoms with Crippen LogP contribution in [0.5, 0.6) is 5.75 Å². The summed E-state index contributed by atoms with van der Waals surface area (Å²) < 4.78 is 5.65. The quantitative estimate of drug-likeness (QED) is 0.262. The maximum atomic E-state index is 5.65. The van der Waals surface area contributed by atoms with Crippen LogP contribution in [0, 0.1) is 6.92 Å². The maximum absolute atomic E-state index is 5.65. The standard InChI is InChI=1S/C28H33OP/c1-4-5-6-7-8-10-16-24-17-13-14-21-28(24)30(25-18-11-9-12-19-25)27-22-15-20-26(29-3)23(27)2/h9-22H,4-8H2,1-3H3/b16-10+. The number of rotatable bonds is 10. The summed E-state index contributed by atoms with van der Waals surface area (Å²) >= 11 is 0. The molecule has 1 atom stereocenters. The minimum absolute atomic E-state index is 0.671. The highest BCUT2D eigenvalue weighted by molar-refractivity contribution is 7.80. The molecule has 0 saturated carbocycles. The van der Waals surface area contributed by atoms with Gasteiger partial charge < -0.3 is 4.74 Å². The molecule has 3 aromatic carbocycles. The summed E-state index contributed by atoms with van der Waals surface area (Å²) in [6.07, 6.45) is 11.0. The molecule has 0 radical (unpaired) electrons. The second-order valence-corrected chi connectivity index (χ2v) is 9.74. The number of ether oxygens (including phenoxy) is 1. The fourth-order valence-electron chi connectivity index (χ4n) is 3.78. The SMILES string of the molecule is CCCCCC/C=C/c1ccccc1P(c1ccccc1)c1cccc(OC)c1C. The molecule has 2 heteroatoms. The first-order chi connectivity index (χ1) is 14.8. The zero-order valence-electron chi connectivity index (χ0n) is 18.5. The van der Waals surface area contributed by atoms with Gasteiger partial charge in [-0.2, -0.15) is 0 Å². The molecular weight excluding hydrogens is 383 g/mol. The second-order valence-electron chi connectivity index (χ2n) is 7.59. The molecule has 156 valence electrons. The smallest absolute Gasteiger partial charge is 0.122 e. The van der Waals surface area contributed by atoms with Gasteiger partial charge in [0.25, 0.3) is 0 Å². The molecule has 0 saturated heterocycles. The van der Waals surface area contributed by atoms with E-state index >= 15 is 0 Å². The van der Waals surface area contributed by atoms with Crippen molar-refractivity contribution in [3.8, 4) is 5.75 Å². The first-order valence-electron chi connectivity index (χ1n) is 11.0. The van der Waals surface area contributed by atoms with Crippen LogP contribution in [0.25, 0.3) is 6.08 Å². The molecule has 0 N–H and O–H groups in total. The van der Waals surface area contributed by atoms with Gasteiger partial charge in [0, 0.05) is 0 Å². The number of hydrogen-bond acceptors (Lipinski definition) is 1. The van der Waals surface area contributed by atoms with Crippen LogP contribution >= 0.6 is 7.92 Å². The third-order valence-corrected chi connectivity index (χ3v) is 8.10. The van der Waals surface area contributed by atoms with Crippen molar-refractivity contribution < 1.29 is 4.74 Å². The van der Waals surface area contributed by atoms with Gasteiger partial charge in [0.05, 0.1) is 7.11 Å². The lowest BCUT2D eigenvalue weighted by atomic mass is 10.1. The van der Waals surface area contributed by atoms with Crippen molar-refractivity contribution in [3.05, 3.63) is 90.0 Å². The van der Waals surface area contributed by atoms with E-state index in [1.807, 2.05) is 0 Å². The van der Waals surface area contributed by atoms with E-state index in [2.05, 4.69) is 98.8 Å². The molecule has 0 heterocycles. The second kappa shape index (κ2) is 11.7. The fraction of sp³-hybridized carbons (Fsp3) is 0.286. The highest BCUT2D eigenvalue weighted by atomic mass is 31.1. The molecule has 0 aliphatic heterocycles. The Morgan fingerprint density at radius 3 is 2.30 bits per heavy atom. The van der Waals surface area contributed by atoms with Crippen LogP contribution in [-0.4, -0.2) is 7.11 Å². The summed E-state index contributed by atoms with van der Waals surface area (Å²) in [5.74, 6) is 0.958. The molecule has 1 nitrogen and oxygen atoms in total. The molecular formula is C28H33OP. The Balaban J connectivity index is 2.01. The van der Waals surface area contributed by atoms with Crippen LogP contribution < -0.4 is 20.7 Å². The zero-order valence-corrected chi connectivity index (χ0v) is 19.4. The Morgan fingerprint density at radius 1 is 0.800 bits per heavy atom. The first kappa shape index (κ1) is 22.3. The largest absolute Gasteiger partial charge is 0.496 e. The van der Waals surface area contributed by atoms with E-state index in [1.54, 1.807) is 7.11 Å². The molecule has 0 fully saturated rings. The van der Waals surface area contributed by atoms with Crippen molar-refractivity contribution in [2.75, 3.05) is 7.11 Å². The van der Waals surface area contributed by atoms with Crippen LogP contribution in [0.4, 0.5) is 0 Å². The van der Waals surface area contributed by atoms with Gasteiger partial charge in [-0.1, -0.05) is 105 Å². The molecule has 3 rings (SSSR count). The van der Waals surface area contributed by atoms with Crippen molar-refractivity contribution in [2.45, 2.75) is 46.0 Å². The molecule has 0 aromatic heterocycles. The highest BCUT2D eigenvalue weighted by Crippen LogP contribution is 2.37. The van der Waals surface area contributed by atoms with Gasteiger partial charge in [-0.05, 0) is 60.8 Å². The molecule has 0 amide bonds. The third-order valence-electron chi connectivity index (χ3n) is 5.43. The van der Waals surface area contributed by atoms with Crippen LogP contribution in [-0.2, 0) is 0 Å². The van der Waals surface area contributed by atoms with Gasteiger partial charge in [-0.3, -0.25) is 0 Å². The average Bonchev–Trinajstić information content (AvgIpc) is 2.79. The van der Waals surface area contributed by atoms with Crippen molar-refractivity contribution in [3.63, 3.8) is 0 Å². The summed E-state index contributed by atoms with van der Waals surface area (Å²) in [5, 5.41) is 4.13. The van der Waals surface area contributed by atoms with Gasteiger partial charge in [-0.15, -0.1) is 0 Å². The van der Waals surface area contributed by atoms with Gasteiger partial charge >= 0.3 is 0 Å². The molecule has 0 bridgehead atoms. The van der Waals surface area contributed by atoms with Crippen molar-refractivity contribution >= 4 is 29.9 Å². The van der Waals surface area contributed by atoms with E-state index in [-0.39, 0.29) is 0 Å². The fourth-order valence-corrected chi connectivity index (χ4v) is 6.39. The maximum Gasteiger partial charge on any atom is 0.122 e. The van der Waals surface area contributed by atoms with E-state index in [9.17, 15) is 0 Å². The number of hydrogen-bond donors (Lipinski definition) is 0. The number of benzene rings is 3. The monoisotopic (exact) mass is 416 g/mol. The lowest BCUT2D eigenvalue weighted by Gasteiger charge is -2.24. The lowest BCUT2D eigenvalue weighted by molar-refractivity contribution is 0.412. The molecule has 0 aliphatic rings. The first-order valence-corrected chi connectivity index (χ1v) is 12.3. The minimum Gasteiger partial charge on any atom is -0.496 e.